The van der Waals surface area contributed by atoms with Crippen molar-refractivity contribution in [2.24, 2.45) is 5.73 Å². The SMILES string of the molecule is Cc1ccc(NSc2ccccc2)cc1.NCC(=O)O. The largest absolute Gasteiger partial charge is 0.480 e. The van der Waals surface area contributed by atoms with Crippen LogP contribution in [-0.4, -0.2) is 17.6 Å². The first-order valence-electron chi connectivity index (χ1n) is 6.08. The molecule has 2 rings (SSSR count). The summed E-state index contributed by atoms with van der Waals surface area (Å²) >= 11 is 1.63. The fourth-order valence-corrected chi connectivity index (χ4v) is 1.89. The second-order valence-corrected chi connectivity index (χ2v) is 4.86. The standard InChI is InChI=1S/C13H13NS.C2H5NO2/c1-11-7-9-12(10-8-11)14-15-13-5-3-2-4-6-13;3-1-2(4)5/h2-10,14H,1H3;1,3H2,(H,4,5). The van der Waals surface area contributed by atoms with Gasteiger partial charge in [0.2, 0.25) is 0 Å². The Balaban J connectivity index is 0.000000347. The number of aryl methyl sites for hydroxylation is 1. The molecule has 0 aromatic heterocycles. The van der Waals surface area contributed by atoms with E-state index in [0.717, 1.165) is 5.69 Å². The summed E-state index contributed by atoms with van der Waals surface area (Å²) < 4.78 is 3.30. The normalized spacial score (nSPS) is 9.30. The maximum Gasteiger partial charge on any atom is 0.317 e. The van der Waals surface area contributed by atoms with Crippen molar-refractivity contribution in [3.05, 3.63) is 60.2 Å². The van der Waals surface area contributed by atoms with Gasteiger partial charge in [-0.1, -0.05) is 35.9 Å². The molecule has 0 radical (unpaired) electrons. The summed E-state index contributed by atoms with van der Waals surface area (Å²) in [6.07, 6.45) is 0. The molecule has 0 aliphatic rings. The fraction of sp³-hybridized carbons (Fsp3) is 0.133. The van der Waals surface area contributed by atoms with Crippen molar-refractivity contribution in [3.63, 3.8) is 0 Å². The molecule has 106 valence electrons. The van der Waals surface area contributed by atoms with Crippen LogP contribution in [0.25, 0.3) is 0 Å². The molecule has 0 aliphatic heterocycles. The molecule has 0 bridgehead atoms. The molecule has 0 fully saturated rings. The molecule has 2 aromatic carbocycles. The third-order valence-corrected chi connectivity index (χ3v) is 3.10. The Labute approximate surface area is 123 Å². The highest BCUT2D eigenvalue weighted by Crippen LogP contribution is 2.20. The number of aliphatic carboxylic acids is 1. The lowest BCUT2D eigenvalue weighted by Crippen LogP contribution is -2.10. The van der Waals surface area contributed by atoms with Crippen molar-refractivity contribution in [1.29, 1.82) is 0 Å². The van der Waals surface area contributed by atoms with Gasteiger partial charge in [-0.25, -0.2) is 0 Å². The number of nitrogens with one attached hydrogen (secondary N) is 1. The zero-order valence-corrected chi connectivity index (χ0v) is 12.1. The van der Waals surface area contributed by atoms with Gasteiger partial charge >= 0.3 is 5.97 Å². The van der Waals surface area contributed by atoms with Gasteiger partial charge in [-0.15, -0.1) is 0 Å². The quantitative estimate of drug-likeness (QED) is 0.754. The number of rotatable bonds is 4. The van der Waals surface area contributed by atoms with E-state index < -0.39 is 5.97 Å². The lowest BCUT2D eigenvalue weighted by atomic mass is 10.2. The van der Waals surface area contributed by atoms with Crippen LogP contribution in [0.4, 0.5) is 5.69 Å². The van der Waals surface area contributed by atoms with Crippen LogP contribution in [0.5, 0.6) is 0 Å². The van der Waals surface area contributed by atoms with Gasteiger partial charge in [-0.3, -0.25) is 4.79 Å². The number of carboxylic acids is 1. The van der Waals surface area contributed by atoms with E-state index in [-0.39, 0.29) is 6.54 Å². The molecule has 5 heteroatoms. The van der Waals surface area contributed by atoms with Crippen LogP contribution in [0.3, 0.4) is 0 Å². The Kier molecular flexibility index (Phi) is 7.24. The van der Waals surface area contributed by atoms with Crippen LogP contribution in [0.2, 0.25) is 0 Å². The number of carbonyl (C=O) groups is 1. The molecule has 0 saturated carbocycles. The Morgan fingerprint density at radius 3 is 2.20 bits per heavy atom. The first kappa shape index (κ1) is 16.1. The molecule has 0 saturated heterocycles. The smallest absolute Gasteiger partial charge is 0.317 e. The molecule has 0 aliphatic carbocycles. The predicted molar refractivity (Wildman–Crippen MR) is 83.8 cm³/mol. The summed E-state index contributed by atoms with van der Waals surface area (Å²) in [7, 11) is 0. The fourth-order valence-electron chi connectivity index (χ4n) is 1.23. The molecule has 0 amide bonds. The summed E-state index contributed by atoms with van der Waals surface area (Å²) in [5.74, 6) is -0.968. The van der Waals surface area contributed by atoms with Gasteiger partial charge in [0.05, 0.1) is 6.54 Å². The summed E-state index contributed by atoms with van der Waals surface area (Å²) in [5, 5.41) is 7.60. The average molecular weight is 290 g/mol. The predicted octanol–water partition coefficient (Wildman–Crippen LogP) is 3.14. The number of benzene rings is 2. The van der Waals surface area contributed by atoms with E-state index in [9.17, 15) is 4.79 Å². The third kappa shape index (κ3) is 6.82. The molecule has 2 aromatic rings. The number of nitrogens with two attached hydrogens (primary N) is 1. The van der Waals surface area contributed by atoms with E-state index in [4.69, 9.17) is 5.11 Å². The van der Waals surface area contributed by atoms with E-state index in [1.807, 2.05) is 18.2 Å². The van der Waals surface area contributed by atoms with Crippen LogP contribution in [0.15, 0.2) is 59.5 Å². The summed E-state index contributed by atoms with van der Waals surface area (Å²) in [6.45, 7) is 1.81. The Hall–Kier alpha value is -1.98. The van der Waals surface area contributed by atoms with Crippen molar-refractivity contribution < 1.29 is 9.90 Å². The van der Waals surface area contributed by atoms with Crippen molar-refractivity contribution in [2.45, 2.75) is 11.8 Å². The van der Waals surface area contributed by atoms with Crippen LogP contribution in [-0.2, 0) is 4.79 Å². The summed E-state index contributed by atoms with van der Waals surface area (Å²) in [5.41, 5.74) is 6.99. The van der Waals surface area contributed by atoms with Crippen molar-refractivity contribution in [3.8, 4) is 0 Å². The van der Waals surface area contributed by atoms with Gasteiger partial charge in [0.25, 0.3) is 0 Å². The van der Waals surface area contributed by atoms with Gasteiger partial charge in [-0.05, 0) is 43.1 Å². The van der Waals surface area contributed by atoms with E-state index in [2.05, 4.69) is 53.8 Å². The van der Waals surface area contributed by atoms with Gasteiger partial charge in [0, 0.05) is 10.6 Å². The minimum absolute atomic E-state index is 0.278. The first-order chi connectivity index (χ1) is 9.61. The monoisotopic (exact) mass is 290 g/mol. The Morgan fingerprint density at radius 2 is 1.70 bits per heavy atom. The maximum absolute atomic E-state index is 9.24. The number of hydrogen-bond donors (Lipinski definition) is 3. The molecule has 20 heavy (non-hydrogen) atoms. The van der Waals surface area contributed by atoms with Crippen molar-refractivity contribution in [2.75, 3.05) is 11.3 Å². The molecular formula is C15H18N2O2S. The lowest BCUT2D eigenvalue weighted by molar-refractivity contribution is -0.135. The molecule has 4 N–H and O–H groups in total. The molecule has 0 unspecified atom stereocenters. The molecule has 0 spiro atoms. The minimum Gasteiger partial charge on any atom is -0.480 e. The lowest BCUT2D eigenvalue weighted by Gasteiger charge is -2.05. The van der Waals surface area contributed by atoms with Gasteiger partial charge in [0.1, 0.15) is 0 Å². The number of hydrogen-bond acceptors (Lipinski definition) is 4. The zero-order chi connectivity index (χ0) is 14.8. The first-order valence-corrected chi connectivity index (χ1v) is 6.90. The second kappa shape index (κ2) is 9.01. The molecule has 0 heterocycles. The Bertz CT molecular complexity index is 515. The van der Waals surface area contributed by atoms with Gasteiger partial charge < -0.3 is 15.6 Å². The highest BCUT2D eigenvalue weighted by Gasteiger charge is 1.93. The van der Waals surface area contributed by atoms with Crippen LogP contribution in [0, 0.1) is 6.92 Å². The van der Waals surface area contributed by atoms with Crippen molar-refractivity contribution >= 4 is 23.6 Å². The Morgan fingerprint density at radius 1 is 1.15 bits per heavy atom. The minimum atomic E-state index is -0.968. The zero-order valence-electron chi connectivity index (χ0n) is 11.2. The van der Waals surface area contributed by atoms with Crippen LogP contribution >= 0.6 is 11.9 Å². The summed E-state index contributed by atoms with van der Waals surface area (Å²) in [6, 6.07) is 18.7. The molecular weight excluding hydrogens is 272 g/mol. The van der Waals surface area contributed by atoms with Crippen molar-refractivity contribution in [1.82, 2.24) is 0 Å². The van der Waals surface area contributed by atoms with Gasteiger partial charge in [0.15, 0.2) is 0 Å². The highest BCUT2D eigenvalue weighted by atomic mass is 32.2. The molecule has 4 nitrogen and oxygen atoms in total. The summed E-state index contributed by atoms with van der Waals surface area (Å²) in [4.78, 5) is 10.5. The maximum atomic E-state index is 9.24. The van der Waals surface area contributed by atoms with Crippen LogP contribution < -0.4 is 10.5 Å². The van der Waals surface area contributed by atoms with E-state index in [1.165, 1.54) is 10.5 Å². The van der Waals surface area contributed by atoms with Gasteiger partial charge in [-0.2, -0.15) is 0 Å². The van der Waals surface area contributed by atoms with Crippen LogP contribution in [0.1, 0.15) is 5.56 Å². The average Bonchev–Trinajstić information content (AvgIpc) is 2.48. The van der Waals surface area contributed by atoms with E-state index in [0.29, 0.717) is 0 Å². The molecule has 0 atom stereocenters. The third-order valence-electron chi connectivity index (χ3n) is 2.26. The van der Waals surface area contributed by atoms with E-state index in [1.54, 1.807) is 11.9 Å². The second-order valence-electron chi connectivity index (χ2n) is 3.98. The van der Waals surface area contributed by atoms with E-state index >= 15 is 0 Å². The number of carboxylic acid groups (broad SMARTS) is 1. The topological polar surface area (TPSA) is 75.3 Å². The number of anilines is 1. The highest BCUT2D eigenvalue weighted by molar-refractivity contribution is 8.00.